The maximum Gasteiger partial charge on any atom is 0.345 e. The van der Waals surface area contributed by atoms with Gasteiger partial charge in [-0.1, -0.05) is 0 Å². The number of methoxy groups -OCH3 is 1. The van der Waals surface area contributed by atoms with Crippen molar-refractivity contribution < 1.29 is 14.5 Å². The number of rotatable bonds is 3. The summed E-state index contributed by atoms with van der Waals surface area (Å²) < 4.78 is 4.70. The fourth-order valence-corrected chi connectivity index (χ4v) is 2.66. The molecule has 0 bridgehead atoms. The second-order valence-corrected chi connectivity index (χ2v) is 4.60. The highest BCUT2D eigenvalue weighted by molar-refractivity contribution is 7.18. The van der Waals surface area contributed by atoms with E-state index in [4.69, 9.17) is 4.74 Å². The van der Waals surface area contributed by atoms with Crippen LogP contribution in [-0.4, -0.2) is 35.6 Å². The minimum atomic E-state index is -0.482. The molecule has 1 fully saturated rings. The third-order valence-electron chi connectivity index (χ3n) is 2.63. The van der Waals surface area contributed by atoms with E-state index in [2.05, 4.69) is 4.98 Å². The van der Waals surface area contributed by atoms with Gasteiger partial charge in [-0.3, -0.25) is 10.1 Å². The second kappa shape index (κ2) is 4.66. The topological polar surface area (TPSA) is 85.6 Å². The number of esters is 1. The summed E-state index contributed by atoms with van der Waals surface area (Å²) in [6.45, 7) is 0.671. The Morgan fingerprint density at radius 3 is 3.12 bits per heavy atom. The van der Waals surface area contributed by atoms with Gasteiger partial charge in [-0.05, 0) is 24.2 Å². The molecule has 0 N–H and O–H groups in total. The van der Waals surface area contributed by atoms with Gasteiger partial charge >= 0.3 is 11.0 Å². The van der Waals surface area contributed by atoms with E-state index >= 15 is 0 Å². The Morgan fingerprint density at radius 2 is 2.53 bits per heavy atom. The summed E-state index contributed by atoms with van der Waals surface area (Å²) in [6, 6.07) is -0.370. The molecule has 1 aliphatic heterocycles. The first kappa shape index (κ1) is 11.8. The van der Waals surface area contributed by atoms with Crippen LogP contribution in [0.3, 0.4) is 0 Å². The van der Waals surface area contributed by atoms with Gasteiger partial charge in [-0.2, -0.15) is 0 Å². The van der Waals surface area contributed by atoms with Crippen LogP contribution in [0.2, 0.25) is 0 Å². The second-order valence-electron chi connectivity index (χ2n) is 3.61. The Balaban J connectivity index is 2.20. The van der Waals surface area contributed by atoms with Gasteiger partial charge in [-0.25, -0.2) is 9.78 Å². The standard InChI is InChI=1S/C9H11N3O4S/c1-16-8(13)6-3-2-4-11(6)9-10-5-7(17-9)12(14)15/h5-6H,2-4H2,1H3. The molecule has 7 nitrogen and oxygen atoms in total. The quantitative estimate of drug-likeness (QED) is 0.459. The lowest BCUT2D eigenvalue weighted by Gasteiger charge is -2.21. The molecule has 1 atom stereocenters. The molecule has 17 heavy (non-hydrogen) atoms. The van der Waals surface area contributed by atoms with Crippen LogP contribution >= 0.6 is 11.3 Å². The number of hydrogen-bond donors (Lipinski definition) is 0. The molecule has 1 unspecified atom stereocenters. The molecular weight excluding hydrogens is 246 g/mol. The third-order valence-corrected chi connectivity index (χ3v) is 3.62. The molecule has 8 heteroatoms. The first-order chi connectivity index (χ1) is 8.13. The van der Waals surface area contributed by atoms with Crippen LogP contribution in [-0.2, 0) is 9.53 Å². The number of carbonyl (C=O) groups excluding carboxylic acids is 1. The molecule has 2 rings (SSSR count). The summed E-state index contributed by atoms with van der Waals surface area (Å²) >= 11 is 0.978. The lowest BCUT2D eigenvalue weighted by Crippen LogP contribution is -2.36. The first-order valence-corrected chi connectivity index (χ1v) is 5.90. The molecule has 1 saturated heterocycles. The van der Waals surface area contributed by atoms with E-state index in [0.29, 0.717) is 18.1 Å². The van der Waals surface area contributed by atoms with E-state index < -0.39 is 4.92 Å². The SMILES string of the molecule is COC(=O)C1CCCN1c1ncc([N+](=O)[O-])s1. The number of aromatic nitrogens is 1. The van der Waals surface area contributed by atoms with Crippen molar-refractivity contribution in [1.29, 1.82) is 0 Å². The Labute approximate surface area is 101 Å². The van der Waals surface area contributed by atoms with Gasteiger partial charge in [0, 0.05) is 6.54 Å². The van der Waals surface area contributed by atoms with Crippen LogP contribution in [0.1, 0.15) is 12.8 Å². The minimum Gasteiger partial charge on any atom is -0.467 e. The van der Waals surface area contributed by atoms with Crippen LogP contribution in [0, 0.1) is 10.1 Å². The van der Waals surface area contributed by atoms with Crippen LogP contribution in [0.5, 0.6) is 0 Å². The van der Waals surface area contributed by atoms with Crippen molar-refractivity contribution in [1.82, 2.24) is 4.98 Å². The highest BCUT2D eigenvalue weighted by Crippen LogP contribution is 2.33. The summed E-state index contributed by atoms with van der Waals surface area (Å²) in [5.41, 5.74) is 0. The van der Waals surface area contributed by atoms with Gasteiger partial charge in [0.15, 0.2) is 5.13 Å². The van der Waals surface area contributed by atoms with Gasteiger partial charge in [0.05, 0.1) is 12.0 Å². The molecule has 0 radical (unpaired) electrons. The number of hydrogen-bond acceptors (Lipinski definition) is 7. The van der Waals surface area contributed by atoms with Crippen molar-refractivity contribution in [2.24, 2.45) is 0 Å². The van der Waals surface area contributed by atoms with Crippen LogP contribution in [0.4, 0.5) is 10.1 Å². The normalized spacial score (nSPS) is 19.4. The van der Waals surface area contributed by atoms with Crippen molar-refractivity contribution in [3.63, 3.8) is 0 Å². The maximum atomic E-state index is 11.5. The Morgan fingerprint density at radius 1 is 1.76 bits per heavy atom. The number of carbonyl (C=O) groups is 1. The lowest BCUT2D eigenvalue weighted by molar-refractivity contribution is -0.380. The van der Waals surface area contributed by atoms with Gasteiger partial charge in [0.1, 0.15) is 12.2 Å². The minimum absolute atomic E-state index is 0.0180. The smallest absolute Gasteiger partial charge is 0.345 e. The van der Waals surface area contributed by atoms with Crippen LogP contribution < -0.4 is 4.90 Å². The van der Waals surface area contributed by atoms with E-state index in [1.807, 2.05) is 0 Å². The van der Waals surface area contributed by atoms with Crippen LogP contribution in [0.15, 0.2) is 6.20 Å². The Kier molecular flexibility index (Phi) is 3.23. The largest absolute Gasteiger partial charge is 0.467 e. The average molecular weight is 257 g/mol. The van der Waals surface area contributed by atoms with E-state index in [-0.39, 0.29) is 17.0 Å². The van der Waals surface area contributed by atoms with Crippen molar-refractivity contribution in [3.05, 3.63) is 16.3 Å². The molecule has 1 aromatic rings. The van der Waals surface area contributed by atoms with Crippen molar-refractivity contribution >= 4 is 27.4 Å². The molecule has 0 aromatic carbocycles. The zero-order chi connectivity index (χ0) is 12.4. The summed E-state index contributed by atoms with van der Waals surface area (Å²) in [5.74, 6) is -0.319. The monoisotopic (exact) mass is 257 g/mol. The number of nitro groups is 1. The number of ether oxygens (including phenoxy) is 1. The average Bonchev–Trinajstić information content (AvgIpc) is 2.95. The predicted octanol–water partition coefficient (Wildman–Crippen LogP) is 1.19. The predicted molar refractivity (Wildman–Crippen MR) is 61.2 cm³/mol. The first-order valence-electron chi connectivity index (χ1n) is 5.08. The zero-order valence-corrected chi connectivity index (χ0v) is 9.98. The molecule has 92 valence electrons. The molecule has 0 aliphatic carbocycles. The molecule has 1 aliphatic rings. The van der Waals surface area contributed by atoms with E-state index in [1.54, 1.807) is 4.90 Å². The van der Waals surface area contributed by atoms with Gasteiger partial charge in [0.25, 0.3) is 0 Å². The maximum absolute atomic E-state index is 11.5. The van der Waals surface area contributed by atoms with E-state index in [1.165, 1.54) is 13.3 Å². The lowest BCUT2D eigenvalue weighted by atomic mass is 10.2. The fourth-order valence-electron chi connectivity index (χ4n) is 1.85. The highest BCUT2D eigenvalue weighted by atomic mass is 32.1. The van der Waals surface area contributed by atoms with E-state index in [9.17, 15) is 14.9 Å². The van der Waals surface area contributed by atoms with Crippen molar-refractivity contribution in [3.8, 4) is 0 Å². The van der Waals surface area contributed by atoms with Gasteiger partial charge < -0.3 is 9.64 Å². The molecule has 2 heterocycles. The fraction of sp³-hybridized carbons (Fsp3) is 0.556. The summed E-state index contributed by atoms with van der Waals surface area (Å²) in [6.07, 6.45) is 2.76. The Hall–Kier alpha value is -1.70. The van der Waals surface area contributed by atoms with Crippen molar-refractivity contribution in [2.75, 3.05) is 18.6 Å². The summed E-state index contributed by atoms with van der Waals surface area (Å²) in [7, 11) is 1.34. The summed E-state index contributed by atoms with van der Waals surface area (Å²) in [5, 5.41) is 11.1. The van der Waals surface area contributed by atoms with Crippen molar-refractivity contribution in [2.45, 2.75) is 18.9 Å². The number of anilines is 1. The molecule has 0 spiro atoms. The molecular formula is C9H11N3O4S. The van der Waals surface area contributed by atoms with Crippen LogP contribution in [0.25, 0.3) is 0 Å². The number of nitrogens with zero attached hydrogens (tertiary/aromatic N) is 3. The molecule has 0 saturated carbocycles. The third kappa shape index (κ3) is 2.21. The zero-order valence-electron chi connectivity index (χ0n) is 9.16. The van der Waals surface area contributed by atoms with Gasteiger partial charge in [-0.15, -0.1) is 0 Å². The Bertz CT molecular complexity index is 447. The summed E-state index contributed by atoms with van der Waals surface area (Å²) in [4.78, 5) is 27.4. The van der Waals surface area contributed by atoms with Gasteiger partial charge in [0.2, 0.25) is 0 Å². The van der Waals surface area contributed by atoms with E-state index in [0.717, 1.165) is 17.8 Å². The molecule has 0 amide bonds. The highest BCUT2D eigenvalue weighted by Gasteiger charge is 2.34. The number of thiazole rings is 1. The molecule has 1 aromatic heterocycles.